The molecule has 0 aromatic carbocycles. The monoisotopic (exact) mass is 351 g/mol. The highest BCUT2D eigenvalue weighted by Crippen LogP contribution is 2.69. The summed E-state index contributed by atoms with van der Waals surface area (Å²) in [5.74, 6) is 1.27. The van der Waals surface area contributed by atoms with E-state index in [9.17, 15) is 15.2 Å². The van der Waals surface area contributed by atoms with Crippen molar-refractivity contribution in [3.05, 3.63) is 36.0 Å². The molecule has 3 saturated carbocycles. The third-order valence-electron chi connectivity index (χ3n) is 8.48. The topological polar surface area (TPSA) is 61.1 Å². The Bertz CT molecular complexity index is 772. The number of carbonyl (C=O) groups is 1. The van der Waals surface area contributed by atoms with Gasteiger partial charge in [0, 0.05) is 18.9 Å². The Morgan fingerprint density at radius 2 is 2.04 bits per heavy atom. The second-order valence-corrected chi connectivity index (χ2v) is 9.50. The molecule has 0 aromatic rings. The zero-order valence-corrected chi connectivity index (χ0v) is 15.9. The van der Waals surface area contributed by atoms with Gasteiger partial charge in [0.15, 0.2) is 5.78 Å². The van der Waals surface area contributed by atoms with Crippen LogP contribution in [0.3, 0.4) is 0 Å². The summed E-state index contributed by atoms with van der Waals surface area (Å²) in [5.41, 5.74) is 3.06. The molecule has 3 nitrogen and oxygen atoms in total. The molecular formula is C23H29NO2. The molecule has 3 heteroatoms. The van der Waals surface area contributed by atoms with Gasteiger partial charge < -0.3 is 5.11 Å². The number of hydrogen-bond acceptors (Lipinski definition) is 3. The summed E-state index contributed by atoms with van der Waals surface area (Å²) in [6, 6.07) is 2.51. The summed E-state index contributed by atoms with van der Waals surface area (Å²) in [7, 11) is 0. The smallest absolute Gasteiger partial charge is 0.155 e. The first-order valence-corrected chi connectivity index (χ1v) is 9.91. The normalized spacial score (nSPS) is 47.5. The number of hydrogen-bond donors (Lipinski definition) is 1. The predicted molar refractivity (Wildman–Crippen MR) is 101 cm³/mol. The number of aliphatic hydroxyl groups is 1. The minimum absolute atomic E-state index is 0.0160. The first-order chi connectivity index (χ1) is 12.3. The van der Waals surface area contributed by atoms with Gasteiger partial charge in [0.05, 0.1) is 12.0 Å². The van der Waals surface area contributed by atoms with Gasteiger partial charge in [-0.1, -0.05) is 32.6 Å². The number of allylic oxidation sites excluding steroid dienone is 2. The summed E-state index contributed by atoms with van der Waals surface area (Å²) in [4.78, 5) is 12.1. The number of nitriles is 1. The average molecular weight is 351 g/mol. The Morgan fingerprint density at radius 1 is 1.31 bits per heavy atom. The predicted octanol–water partition coefficient (Wildman–Crippen LogP) is 4.21. The number of carbonyl (C=O) groups excluding carboxylic acids is 1. The molecule has 26 heavy (non-hydrogen) atoms. The zero-order chi connectivity index (χ0) is 18.9. The van der Waals surface area contributed by atoms with Crippen LogP contribution in [0.1, 0.15) is 46.0 Å². The second kappa shape index (κ2) is 5.67. The van der Waals surface area contributed by atoms with Crippen LogP contribution in [-0.4, -0.2) is 17.5 Å². The van der Waals surface area contributed by atoms with E-state index in [2.05, 4.69) is 33.1 Å². The van der Waals surface area contributed by atoms with Gasteiger partial charge in [0.2, 0.25) is 0 Å². The molecule has 0 aliphatic heterocycles. The van der Waals surface area contributed by atoms with Gasteiger partial charge in [-0.05, 0) is 71.5 Å². The van der Waals surface area contributed by atoms with Crippen LogP contribution in [-0.2, 0) is 4.79 Å². The molecule has 1 N–H and O–H groups in total. The molecule has 4 aliphatic rings. The Labute approximate surface area is 156 Å². The third kappa shape index (κ3) is 2.06. The highest BCUT2D eigenvalue weighted by atomic mass is 16.3. The lowest BCUT2D eigenvalue weighted by atomic mass is 9.45. The first-order valence-electron chi connectivity index (χ1n) is 9.91. The van der Waals surface area contributed by atoms with E-state index in [1.54, 1.807) is 0 Å². The molecule has 138 valence electrons. The van der Waals surface area contributed by atoms with Gasteiger partial charge in [-0.3, -0.25) is 4.79 Å². The number of ketones is 1. The molecule has 0 amide bonds. The summed E-state index contributed by atoms with van der Waals surface area (Å²) in [6.45, 7) is 13.2. The van der Waals surface area contributed by atoms with Crippen molar-refractivity contribution in [2.75, 3.05) is 6.61 Å². The Morgan fingerprint density at radius 3 is 2.69 bits per heavy atom. The van der Waals surface area contributed by atoms with Crippen LogP contribution >= 0.6 is 0 Å². The fourth-order valence-corrected chi connectivity index (χ4v) is 7.19. The Kier molecular flexibility index (Phi) is 3.87. The summed E-state index contributed by atoms with van der Waals surface area (Å²) in [5, 5.41) is 19.9. The van der Waals surface area contributed by atoms with Crippen LogP contribution in [0, 0.1) is 51.8 Å². The molecule has 4 rings (SSSR count). The maximum atomic E-state index is 12.1. The van der Waals surface area contributed by atoms with Gasteiger partial charge in [0.1, 0.15) is 0 Å². The molecule has 0 heterocycles. The van der Waals surface area contributed by atoms with Crippen LogP contribution < -0.4 is 0 Å². The lowest BCUT2D eigenvalue weighted by Crippen LogP contribution is -2.53. The Hall–Kier alpha value is -1.66. The van der Waals surface area contributed by atoms with E-state index in [-0.39, 0.29) is 41.0 Å². The molecule has 0 aromatic heterocycles. The molecule has 0 saturated heterocycles. The first kappa shape index (κ1) is 17.7. The summed E-state index contributed by atoms with van der Waals surface area (Å²) < 4.78 is 0. The van der Waals surface area contributed by atoms with Crippen LogP contribution in [0.5, 0.6) is 0 Å². The van der Waals surface area contributed by atoms with Crippen molar-refractivity contribution in [2.24, 2.45) is 40.4 Å². The zero-order valence-electron chi connectivity index (χ0n) is 15.9. The van der Waals surface area contributed by atoms with Crippen molar-refractivity contribution in [3.63, 3.8) is 0 Å². The minimum Gasteiger partial charge on any atom is -0.396 e. The van der Waals surface area contributed by atoms with Crippen molar-refractivity contribution < 1.29 is 9.90 Å². The van der Waals surface area contributed by atoms with E-state index in [1.807, 2.05) is 6.08 Å². The molecule has 0 spiro atoms. The lowest BCUT2D eigenvalue weighted by Gasteiger charge is -2.59. The van der Waals surface area contributed by atoms with Gasteiger partial charge in [-0.15, -0.1) is 0 Å². The minimum atomic E-state index is -0.147. The number of fused-ring (bicyclic) bond motifs is 5. The number of aliphatic hydroxyl groups excluding tert-OH is 1. The van der Waals surface area contributed by atoms with Crippen molar-refractivity contribution in [2.45, 2.75) is 46.0 Å². The molecule has 0 radical (unpaired) electrons. The van der Waals surface area contributed by atoms with Gasteiger partial charge >= 0.3 is 0 Å². The molecule has 3 fully saturated rings. The van der Waals surface area contributed by atoms with Gasteiger partial charge in [-0.25, -0.2) is 0 Å². The second-order valence-electron chi connectivity index (χ2n) is 9.50. The molecular weight excluding hydrogens is 322 g/mol. The standard InChI is InChI=1S/C23H29NO2/c1-13-14(2)21-17-9-15(12-25)19-10-16(26)5-7-22(19,3)18(17)6-8-23(21,4)20(13)11-24/h10,15,17-18,20-21,25H,1-2,5-9,12H2,3-4H3/t15?,17-,18-,20?,21+,22-,23-/m1/s1. The quantitative estimate of drug-likeness (QED) is 0.770. The molecule has 2 unspecified atom stereocenters. The SMILES string of the molecule is C=C1C(=C)[C@H]2[C@@H]3CC(CO)C4=CC(=O)CC[C@]4(C)[C@@H]3CC[C@]2(C)C1C#N. The maximum Gasteiger partial charge on any atom is 0.155 e. The summed E-state index contributed by atoms with van der Waals surface area (Å²) in [6.07, 6.45) is 6.31. The highest BCUT2D eigenvalue weighted by Gasteiger charge is 2.62. The highest BCUT2D eigenvalue weighted by molar-refractivity contribution is 5.91. The van der Waals surface area contributed by atoms with Crippen LogP contribution in [0.4, 0.5) is 0 Å². The Balaban J connectivity index is 1.81. The maximum absolute atomic E-state index is 12.1. The number of nitrogens with zero attached hydrogens (tertiary/aromatic N) is 1. The third-order valence-corrected chi connectivity index (χ3v) is 8.48. The number of rotatable bonds is 1. The fraction of sp³-hybridized carbons (Fsp3) is 0.652. The van der Waals surface area contributed by atoms with Crippen LogP contribution in [0.2, 0.25) is 0 Å². The lowest BCUT2D eigenvalue weighted by molar-refractivity contribution is -0.118. The molecule has 0 bridgehead atoms. The van der Waals surface area contributed by atoms with E-state index in [0.29, 0.717) is 18.3 Å². The largest absolute Gasteiger partial charge is 0.396 e. The van der Waals surface area contributed by atoms with Crippen molar-refractivity contribution in [3.8, 4) is 6.07 Å². The van der Waals surface area contributed by atoms with E-state index < -0.39 is 0 Å². The van der Waals surface area contributed by atoms with Crippen LogP contribution in [0.25, 0.3) is 0 Å². The molecule has 7 atom stereocenters. The summed E-state index contributed by atoms with van der Waals surface area (Å²) >= 11 is 0. The fourth-order valence-electron chi connectivity index (χ4n) is 7.19. The van der Waals surface area contributed by atoms with Crippen molar-refractivity contribution in [1.82, 2.24) is 0 Å². The van der Waals surface area contributed by atoms with E-state index in [1.165, 1.54) is 5.57 Å². The van der Waals surface area contributed by atoms with Gasteiger partial charge in [0.25, 0.3) is 0 Å². The average Bonchev–Trinajstić information content (AvgIpc) is 2.81. The van der Waals surface area contributed by atoms with Gasteiger partial charge in [-0.2, -0.15) is 5.26 Å². The van der Waals surface area contributed by atoms with Crippen LogP contribution in [0.15, 0.2) is 36.0 Å². The molecule has 4 aliphatic carbocycles. The van der Waals surface area contributed by atoms with E-state index >= 15 is 0 Å². The van der Waals surface area contributed by atoms with E-state index in [0.717, 1.165) is 36.8 Å². The van der Waals surface area contributed by atoms with Crippen molar-refractivity contribution >= 4 is 5.78 Å². The van der Waals surface area contributed by atoms with E-state index in [4.69, 9.17) is 0 Å². The van der Waals surface area contributed by atoms with Crippen molar-refractivity contribution in [1.29, 1.82) is 5.26 Å².